The molecule has 2 aromatic heterocycles. The molecule has 0 aliphatic heterocycles. The molecule has 25 heavy (non-hydrogen) atoms. The van der Waals surface area contributed by atoms with Crippen LogP contribution in [0.15, 0.2) is 53.9 Å². The summed E-state index contributed by atoms with van der Waals surface area (Å²) < 4.78 is 14.9. The predicted octanol–water partition coefficient (Wildman–Crippen LogP) is 4.50. The van der Waals surface area contributed by atoms with Crippen LogP contribution in [-0.2, 0) is 0 Å². The molecule has 2 aromatic carbocycles. The van der Waals surface area contributed by atoms with E-state index in [9.17, 15) is 9.18 Å². The van der Waals surface area contributed by atoms with Gasteiger partial charge in [-0.2, -0.15) is 4.98 Å². The van der Waals surface area contributed by atoms with Gasteiger partial charge in [-0.15, -0.1) is 16.4 Å². The third kappa shape index (κ3) is 3.11. The number of nitrogens with zero attached hydrogens (tertiary/aromatic N) is 3. The normalized spacial score (nSPS) is 11.0. The number of rotatable bonds is 3. The summed E-state index contributed by atoms with van der Waals surface area (Å²) in [5.74, 6) is -0.779. The Hall–Kier alpha value is -2.77. The molecule has 0 unspecified atom stereocenters. The maximum atomic E-state index is 13.2. The van der Waals surface area contributed by atoms with Gasteiger partial charge in [-0.05, 0) is 30.3 Å². The first kappa shape index (κ1) is 15.7. The molecule has 4 aromatic rings. The second kappa shape index (κ2) is 6.27. The van der Waals surface area contributed by atoms with Gasteiger partial charge in [-0.25, -0.2) is 8.91 Å². The molecule has 1 N–H and O–H groups in total. The summed E-state index contributed by atoms with van der Waals surface area (Å²) in [6.07, 6.45) is 0. The summed E-state index contributed by atoms with van der Waals surface area (Å²) in [6.45, 7) is 0. The number of anilines is 1. The van der Waals surface area contributed by atoms with Gasteiger partial charge < -0.3 is 0 Å². The van der Waals surface area contributed by atoms with Gasteiger partial charge in [0.1, 0.15) is 5.82 Å². The molecule has 5 nitrogen and oxygen atoms in total. The van der Waals surface area contributed by atoms with Crippen LogP contribution in [0.5, 0.6) is 0 Å². The smallest absolute Gasteiger partial charge is 0.258 e. The quantitative estimate of drug-likeness (QED) is 0.576. The average Bonchev–Trinajstić information content (AvgIpc) is 3.16. The van der Waals surface area contributed by atoms with Crippen LogP contribution in [0, 0.1) is 5.82 Å². The van der Waals surface area contributed by atoms with Crippen molar-refractivity contribution in [3.8, 4) is 11.3 Å². The maximum Gasteiger partial charge on any atom is 0.258 e. The van der Waals surface area contributed by atoms with Crippen LogP contribution in [0.25, 0.3) is 16.2 Å². The number of nitrogens with one attached hydrogen (secondary N) is 1. The highest BCUT2D eigenvalue weighted by Gasteiger charge is 2.14. The van der Waals surface area contributed by atoms with E-state index in [0.29, 0.717) is 9.98 Å². The first-order chi connectivity index (χ1) is 12.1. The molecule has 0 radical (unpaired) electrons. The van der Waals surface area contributed by atoms with Gasteiger partial charge in [0.2, 0.25) is 4.96 Å². The van der Waals surface area contributed by atoms with E-state index < -0.39 is 11.7 Å². The molecule has 0 atom stereocenters. The van der Waals surface area contributed by atoms with Gasteiger partial charge in [0, 0.05) is 21.5 Å². The van der Waals surface area contributed by atoms with Crippen LogP contribution in [-0.4, -0.2) is 20.5 Å². The predicted molar refractivity (Wildman–Crippen MR) is 95.7 cm³/mol. The number of halogens is 2. The Kier molecular flexibility index (Phi) is 3.95. The molecular weight excluding hydrogens is 363 g/mol. The van der Waals surface area contributed by atoms with E-state index in [1.54, 1.807) is 16.6 Å². The monoisotopic (exact) mass is 372 g/mol. The average molecular weight is 373 g/mol. The fraction of sp³-hybridized carbons (Fsp3) is 0. The number of amides is 1. The van der Waals surface area contributed by atoms with Crippen molar-refractivity contribution in [2.24, 2.45) is 0 Å². The minimum absolute atomic E-state index is 0.163. The Balaban J connectivity index is 1.64. The number of hydrogen-bond acceptors (Lipinski definition) is 4. The molecule has 8 heteroatoms. The molecule has 0 saturated carbocycles. The molecule has 0 aliphatic rings. The van der Waals surface area contributed by atoms with Crippen LogP contribution < -0.4 is 5.32 Å². The van der Waals surface area contributed by atoms with E-state index in [1.807, 2.05) is 17.5 Å². The largest absolute Gasteiger partial charge is 0.289 e. The summed E-state index contributed by atoms with van der Waals surface area (Å²) in [5.41, 5.74) is 1.98. The third-order valence-corrected chi connectivity index (χ3v) is 4.60. The molecule has 124 valence electrons. The molecule has 0 aliphatic carbocycles. The maximum absolute atomic E-state index is 13.2. The molecule has 0 bridgehead atoms. The van der Waals surface area contributed by atoms with Crippen LogP contribution in [0.3, 0.4) is 0 Å². The van der Waals surface area contributed by atoms with E-state index in [2.05, 4.69) is 15.4 Å². The van der Waals surface area contributed by atoms with Gasteiger partial charge in [0.05, 0.1) is 5.69 Å². The number of carbonyl (C=O) groups is 1. The fourth-order valence-corrected chi connectivity index (χ4v) is 3.31. The summed E-state index contributed by atoms with van der Waals surface area (Å²) in [5, 5.41) is 9.48. The van der Waals surface area contributed by atoms with Crippen LogP contribution in [0.2, 0.25) is 5.02 Å². The zero-order valence-electron chi connectivity index (χ0n) is 12.6. The van der Waals surface area contributed by atoms with Gasteiger partial charge in [0.25, 0.3) is 11.9 Å². The fourth-order valence-electron chi connectivity index (χ4n) is 2.36. The lowest BCUT2D eigenvalue weighted by molar-refractivity contribution is 0.102. The second-order valence-corrected chi connectivity index (χ2v) is 6.50. The lowest BCUT2D eigenvalue weighted by Crippen LogP contribution is -2.13. The number of benzene rings is 2. The lowest BCUT2D eigenvalue weighted by Gasteiger charge is -2.01. The van der Waals surface area contributed by atoms with Crippen molar-refractivity contribution in [2.45, 2.75) is 0 Å². The number of carbonyl (C=O) groups excluding carboxylic acids is 1. The van der Waals surface area contributed by atoms with Crippen molar-refractivity contribution in [1.29, 1.82) is 0 Å². The van der Waals surface area contributed by atoms with Crippen molar-refractivity contribution in [2.75, 3.05) is 5.32 Å². The highest BCUT2D eigenvalue weighted by molar-refractivity contribution is 7.15. The zero-order chi connectivity index (χ0) is 17.4. The number of aromatic nitrogens is 3. The SMILES string of the molecule is O=C(Nc1nc2scc(-c3ccc(Cl)cc3)n2n1)c1cccc(F)c1. The van der Waals surface area contributed by atoms with Crippen molar-refractivity contribution < 1.29 is 9.18 Å². The molecule has 1 amide bonds. The first-order valence-corrected chi connectivity index (χ1v) is 8.53. The van der Waals surface area contributed by atoms with Crippen molar-refractivity contribution >= 4 is 39.8 Å². The Morgan fingerprint density at radius 2 is 2.00 bits per heavy atom. The summed E-state index contributed by atoms with van der Waals surface area (Å²) >= 11 is 7.32. The Labute approximate surface area is 150 Å². The molecule has 0 fully saturated rings. The van der Waals surface area contributed by atoms with Crippen molar-refractivity contribution in [3.05, 3.63) is 70.3 Å². The zero-order valence-corrected chi connectivity index (χ0v) is 14.2. The summed E-state index contributed by atoms with van der Waals surface area (Å²) in [4.78, 5) is 17.1. The Morgan fingerprint density at radius 1 is 1.20 bits per heavy atom. The molecular formula is C17H10ClFN4OS. The molecule has 0 saturated heterocycles. The van der Waals surface area contributed by atoms with E-state index in [1.165, 1.54) is 29.5 Å². The standard InChI is InChI=1S/C17H10ClFN4OS/c18-12-6-4-10(5-7-12)14-9-25-17-21-16(22-23(14)17)20-15(24)11-2-1-3-13(19)8-11/h1-9H,(H,20,22,24). The minimum Gasteiger partial charge on any atom is -0.289 e. The highest BCUT2D eigenvalue weighted by atomic mass is 35.5. The van der Waals surface area contributed by atoms with Crippen molar-refractivity contribution in [3.63, 3.8) is 0 Å². The topological polar surface area (TPSA) is 59.3 Å². The van der Waals surface area contributed by atoms with E-state index in [0.717, 1.165) is 17.3 Å². The Morgan fingerprint density at radius 3 is 2.76 bits per heavy atom. The number of fused-ring (bicyclic) bond motifs is 1. The number of hydrogen-bond donors (Lipinski definition) is 1. The van der Waals surface area contributed by atoms with Crippen molar-refractivity contribution in [1.82, 2.24) is 14.6 Å². The van der Waals surface area contributed by atoms with Crippen LogP contribution >= 0.6 is 22.9 Å². The van der Waals surface area contributed by atoms with Crippen LogP contribution in [0.1, 0.15) is 10.4 Å². The van der Waals surface area contributed by atoms with Gasteiger partial charge in [-0.1, -0.05) is 29.8 Å². The molecule has 2 heterocycles. The van der Waals surface area contributed by atoms with Gasteiger partial charge in [-0.3, -0.25) is 10.1 Å². The van der Waals surface area contributed by atoms with Gasteiger partial charge in [0.15, 0.2) is 0 Å². The van der Waals surface area contributed by atoms with Gasteiger partial charge >= 0.3 is 0 Å². The molecule has 0 spiro atoms. The first-order valence-electron chi connectivity index (χ1n) is 7.27. The Bertz CT molecular complexity index is 1070. The third-order valence-electron chi connectivity index (χ3n) is 3.53. The summed E-state index contributed by atoms with van der Waals surface area (Å²) in [6, 6.07) is 12.8. The summed E-state index contributed by atoms with van der Waals surface area (Å²) in [7, 11) is 0. The number of thiazole rings is 1. The van der Waals surface area contributed by atoms with Crippen LogP contribution in [0.4, 0.5) is 10.3 Å². The van der Waals surface area contributed by atoms with E-state index >= 15 is 0 Å². The highest BCUT2D eigenvalue weighted by Crippen LogP contribution is 2.27. The minimum atomic E-state index is -0.476. The lowest BCUT2D eigenvalue weighted by atomic mass is 10.2. The van der Waals surface area contributed by atoms with E-state index in [4.69, 9.17) is 11.6 Å². The van der Waals surface area contributed by atoms with E-state index in [-0.39, 0.29) is 11.5 Å². The molecule has 4 rings (SSSR count). The second-order valence-electron chi connectivity index (χ2n) is 5.22.